The second-order valence-corrected chi connectivity index (χ2v) is 4.49. The number of hydrogen-bond acceptors (Lipinski definition) is 4. The van der Waals surface area contributed by atoms with Crippen molar-refractivity contribution in [2.45, 2.75) is 6.92 Å². The van der Waals surface area contributed by atoms with Crippen LogP contribution in [0.2, 0.25) is 0 Å². The summed E-state index contributed by atoms with van der Waals surface area (Å²) in [5, 5.41) is 12.9. The lowest BCUT2D eigenvalue weighted by Crippen LogP contribution is -2.24. The summed E-state index contributed by atoms with van der Waals surface area (Å²) in [6.45, 7) is 1.88. The molecule has 0 fully saturated rings. The lowest BCUT2D eigenvalue weighted by Gasteiger charge is -2.04. The van der Waals surface area contributed by atoms with E-state index in [4.69, 9.17) is 9.84 Å². The van der Waals surface area contributed by atoms with Crippen LogP contribution < -0.4 is 10.2 Å². The van der Waals surface area contributed by atoms with Crippen LogP contribution in [0.3, 0.4) is 0 Å². The Labute approximate surface area is 122 Å². The molecule has 5 nitrogen and oxygen atoms in total. The molecule has 1 amide bonds. The zero-order valence-corrected chi connectivity index (χ0v) is 11.6. The number of hydrogen-bond donors (Lipinski definition) is 2. The first-order valence-electron chi connectivity index (χ1n) is 6.44. The van der Waals surface area contributed by atoms with Crippen LogP contribution in [0.25, 0.3) is 0 Å². The molecule has 0 heterocycles. The number of hydrazone groups is 1. The average molecular weight is 284 g/mol. The van der Waals surface area contributed by atoms with Gasteiger partial charge in [0.15, 0.2) is 6.61 Å². The summed E-state index contributed by atoms with van der Waals surface area (Å²) < 4.78 is 5.32. The largest absolute Gasteiger partial charge is 0.508 e. The minimum Gasteiger partial charge on any atom is -0.508 e. The Morgan fingerprint density at radius 1 is 1.19 bits per heavy atom. The molecule has 2 aromatic rings. The van der Waals surface area contributed by atoms with Crippen molar-refractivity contribution >= 4 is 12.1 Å². The Balaban J connectivity index is 1.77. The fraction of sp³-hybridized carbons (Fsp3) is 0.125. The van der Waals surface area contributed by atoms with Crippen LogP contribution in [-0.2, 0) is 4.79 Å². The van der Waals surface area contributed by atoms with E-state index in [-0.39, 0.29) is 18.3 Å². The van der Waals surface area contributed by atoms with Gasteiger partial charge in [-0.25, -0.2) is 5.43 Å². The molecule has 2 aromatic carbocycles. The van der Waals surface area contributed by atoms with E-state index in [0.717, 1.165) is 11.1 Å². The van der Waals surface area contributed by atoms with Gasteiger partial charge in [-0.3, -0.25) is 4.79 Å². The Bertz CT molecular complexity index is 619. The molecule has 0 saturated heterocycles. The number of carbonyl (C=O) groups is 1. The zero-order valence-electron chi connectivity index (χ0n) is 11.6. The number of carbonyl (C=O) groups excluding carboxylic acids is 1. The van der Waals surface area contributed by atoms with Crippen molar-refractivity contribution in [1.29, 1.82) is 0 Å². The molecule has 108 valence electrons. The molecular weight excluding hydrogens is 268 g/mol. The third-order valence-electron chi connectivity index (χ3n) is 2.69. The fourth-order valence-corrected chi connectivity index (χ4v) is 1.55. The van der Waals surface area contributed by atoms with Gasteiger partial charge in [0.1, 0.15) is 11.5 Å². The quantitative estimate of drug-likeness (QED) is 0.653. The highest BCUT2D eigenvalue weighted by Gasteiger charge is 2.00. The van der Waals surface area contributed by atoms with E-state index >= 15 is 0 Å². The standard InChI is InChI=1S/C16H16N2O3/c1-12-2-8-15(9-3-12)21-11-16(20)18-17-10-13-4-6-14(19)7-5-13/h2-10,19H,11H2,1H3,(H,18,20)/b17-10-. The molecular formula is C16H16N2O3. The van der Waals surface area contributed by atoms with Gasteiger partial charge in [-0.05, 0) is 48.9 Å². The van der Waals surface area contributed by atoms with Crippen LogP contribution in [0.5, 0.6) is 11.5 Å². The van der Waals surface area contributed by atoms with E-state index in [0.29, 0.717) is 5.75 Å². The van der Waals surface area contributed by atoms with Gasteiger partial charge in [-0.15, -0.1) is 0 Å². The lowest BCUT2D eigenvalue weighted by atomic mass is 10.2. The molecule has 0 aromatic heterocycles. The van der Waals surface area contributed by atoms with E-state index in [2.05, 4.69) is 10.5 Å². The number of amides is 1. The van der Waals surface area contributed by atoms with Crippen LogP contribution in [0.15, 0.2) is 53.6 Å². The van der Waals surface area contributed by atoms with E-state index < -0.39 is 0 Å². The highest BCUT2D eigenvalue weighted by Crippen LogP contribution is 2.11. The molecule has 0 aliphatic carbocycles. The fourth-order valence-electron chi connectivity index (χ4n) is 1.55. The molecule has 0 radical (unpaired) electrons. The Kier molecular flexibility index (Phi) is 4.93. The van der Waals surface area contributed by atoms with Crippen molar-refractivity contribution in [3.63, 3.8) is 0 Å². The van der Waals surface area contributed by atoms with Crippen molar-refractivity contribution in [3.05, 3.63) is 59.7 Å². The molecule has 0 atom stereocenters. The van der Waals surface area contributed by atoms with Crippen LogP contribution in [-0.4, -0.2) is 23.8 Å². The first kappa shape index (κ1) is 14.6. The number of nitrogens with one attached hydrogen (secondary N) is 1. The maximum atomic E-state index is 11.5. The summed E-state index contributed by atoms with van der Waals surface area (Å²) in [6.07, 6.45) is 1.49. The summed E-state index contributed by atoms with van der Waals surface area (Å²) in [7, 11) is 0. The molecule has 2 N–H and O–H groups in total. The number of ether oxygens (including phenoxy) is 1. The van der Waals surface area contributed by atoms with E-state index in [1.54, 1.807) is 24.3 Å². The minimum absolute atomic E-state index is 0.101. The van der Waals surface area contributed by atoms with Gasteiger partial charge in [-0.1, -0.05) is 17.7 Å². The molecule has 0 saturated carbocycles. The van der Waals surface area contributed by atoms with E-state index in [1.165, 1.54) is 6.21 Å². The predicted octanol–water partition coefficient (Wildman–Crippen LogP) is 2.23. The second-order valence-electron chi connectivity index (χ2n) is 4.49. The number of aryl methyl sites for hydroxylation is 1. The molecule has 2 rings (SSSR count). The van der Waals surface area contributed by atoms with Crippen LogP contribution in [0.1, 0.15) is 11.1 Å². The molecule has 21 heavy (non-hydrogen) atoms. The molecule has 0 unspecified atom stereocenters. The summed E-state index contributed by atoms with van der Waals surface area (Å²) in [6, 6.07) is 13.9. The maximum absolute atomic E-state index is 11.5. The SMILES string of the molecule is Cc1ccc(OCC(=O)N/N=C\c2ccc(O)cc2)cc1. The number of rotatable bonds is 5. The average Bonchev–Trinajstić information content (AvgIpc) is 2.49. The maximum Gasteiger partial charge on any atom is 0.277 e. The van der Waals surface area contributed by atoms with Gasteiger partial charge in [0.05, 0.1) is 6.21 Å². The third kappa shape index (κ3) is 4.99. The Hall–Kier alpha value is -2.82. The van der Waals surface area contributed by atoms with Crippen molar-refractivity contribution in [2.24, 2.45) is 5.10 Å². The topological polar surface area (TPSA) is 70.9 Å². The first-order valence-corrected chi connectivity index (χ1v) is 6.44. The number of phenolic OH excluding ortho intramolecular Hbond substituents is 1. The van der Waals surface area contributed by atoms with Gasteiger partial charge in [0.25, 0.3) is 5.91 Å². The van der Waals surface area contributed by atoms with Crippen LogP contribution >= 0.6 is 0 Å². The third-order valence-corrected chi connectivity index (χ3v) is 2.69. The highest BCUT2D eigenvalue weighted by molar-refractivity contribution is 5.83. The first-order chi connectivity index (χ1) is 10.1. The molecule has 0 aliphatic rings. The normalized spacial score (nSPS) is 10.5. The summed E-state index contributed by atoms with van der Waals surface area (Å²) in [5.41, 5.74) is 4.27. The van der Waals surface area contributed by atoms with E-state index in [1.807, 2.05) is 31.2 Å². The van der Waals surface area contributed by atoms with Crippen molar-refractivity contribution in [1.82, 2.24) is 5.43 Å². The number of benzene rings is 2. The van der Waals surface area contributed by atoms with Crippen LogP contribution in [0.4, 0.5) is 0 Å². The molecule has 5 heteroatoms. The van der Waals surface area contributed by atoms with Crippen LogP contribution in [0, 0.1) is 6.92 Å². The zero-order chi connectivity index (χ0) is 15.1. The minimum atomic E-state index is -0.342. The molecule has 0 spiro atoms. The monoisotopic (exact) mass is 284 g/mol. The van der Waals surface area contributed by atoms with Crippen molar-refractivity contribution in [3.8, 4) is 11.5 Å². The summed E-state index contributed by atoms with van der Waals surface area (Å²) >= 11 is 0. The van der Waals surface area contributed by atoms with E-state index in [9.17, 15) is 4.79 Å². The second kappa shape index (κ2) is 7.09. The van der Waals surface area contributed by atoms with Gasteiger partial charge in [-0.2, -0.15) is 5.10 Å². The van der Waals surface area contributed by atoms with Gasteiger partial charge in [0.2, 0.25) is 0 Å². The van der Waals surface area contributed by atoms with Gasteiger partial charge in [0, 0.05) is 0 Å². The Morgan fingerprint density at radius 2 is 1.86 bits per heavy atom. The number of nitrogens with zero attached hydrogens (tertiary/aromatic N) is 1. The number of phenols is 1. The molecule has 0 aliphatic heterocycles. The highest BCUT2D eigenvalue weighted by atomic mass is 16.5. The summed E-state index contributed by atoms with van der Waals surface area (Å²) in [4.78, 5) is 11.5. The lowest BCUT2D eigenvalue weighted by molar-refractivity contribution is -0.123. The van der Waals surface area contributed by atoms with Gasteiger partial charge >= 0.3 is 0 Å². The number of aromatic hydroxyl groups is 1. The smallest absolute Gasteiger partial charge is 0.277 e. The van der Waals surface area contributed by atoms with Crippen molar-refractivity contribution < 1.29 is 14.6 Å². The molecule has 0 bridgehead atoms. The summed E-state index contributed by atoms with van der Waals surface area (Å²) in [5.74, 6) is 0.478. The van der Waals surface area contributed by atoms with Crippen molar-refractivity contribution in [2.75, 3.05) is 6.61 Å². The van der Waals surface area contributed by atoms with Gasteiger partial charge < -0.3 is 9.84 Å². The Morgan fingerprint density at radius 3 is 2.52 bits per heavy atom. The predicted molar refractivity (Wildman–Crippen MR) is 80.5 cm³/mol.